The topological polar surface area (TPSA) is 61.6 Å². The molecule has 3 heterocycles. The number of piperidine rings is 2. The number of alkyl halides is 1. The lowest BCUT2D eigenvalue weighted by Gasteiger charge is -2.41. The van der Waals surface area contributed by atoms with Gasteiger partial charge in [0.25, 0.3) is 6.01 Å². The van der Waals surface area contributed by atoms with Gasteiger partial charge >= 0.3 is 0 Å². The number of aromatic nitrogens is 1. The lowest BCUT2D eigenvalue weighted by atomic mass is 9.93. The second-order valence-corrected chi connectivity index (χ2v) is 7.50. The van der Waals surface area contributed by atoms with Gasteiger partial charge in [-0.1, -0.05) is 12.1 Å². The molecule has 146 valence electrons. The number of nitrogens with zero attached hydrogens (tertiary/aromatic N) is 3. The summed E-state index contributed by atoms with van der Waals surface area (Å²) in [6.07, 6.45) is 4.00. The fourth-order valence-electron chi connectivity index (χ4n) is 4.28. The van der Waals surface area contributed by atoms with E-state index in [1.807, 2.05) is 24.3 Å². The van der Waals surface area contributed by atoms with Crippen molar-refractivity contribution in [3.8, 4) is 0 Å². The molecule has 1 atom stereocenters. The van der Waals surface area contributed by atoms with E-state index >= 15 is 0 Å². The Morgan fingerprint density at radius 3 is 2.81 bits per heavy atom. The summed E-state index contributed by atoms with van der Waals surface area (Å²) in [4.78, 5) is 21.4. The van der Waals surface area contributed by atoms with Crippen LogP contribution in [0.25, 0.3) is 11.1 Å². The number of oxazole rings is 1. The fraction of sp³-hybridized carbons (Fsp3) is 0.600. The number of para-hydroxylation sites is 2. The average Bonchev–Trinajstić information content (AvgIpc) is 3.16. The number of likely N-dealkylation sites (tertiary alicyclic amines) is 1. The molecule has 0 aliphatic carbocycles. The van der Waals surface area contributed by atoms with Crippen molar-refractivity contribution in [1.82, 2.24) is 15.2 Å². The highest BCUT2D eigenvalue weighted by atomic mass is 19.1. The highest BCUT2D eigenvalue weighted by Gasteiger charge is 2.32. The van der Waals surface area contributed by atoms with E-state index in [1.165, 1.54) is 0 Å². The van der Waals surface area contributed by atoms with Gasteiger partial charge < -0.3 is 14.6 Å². The van der Waals surface area contributed by atoms with Crippen LogP contribution >= 0.6 is 0 Å². The van der Waals surface area contributed by atoms with Gasteiger partial charge in [0.05, 0.1) is 5.92 Å². The number of rotatable bonds is 5. The Morgan fingerprint density at radius 1 is 1.22 bits per heavy atom. The summed E-state index contributed by atoms with van der Waals surface area (Å²) in [6, 6.07) is 9.04. The lowest BCUT2D eigenvalue weighted by molar-refractivity contribution is -0.127. The standard InChI is InChI=1S/C20H27FN4O2/c21-9-10-22-19(26)15-4-3-11-25(14-15)16-7-12-24(13-8-16)20-23-17-5-1-2-6-18(17)27-20/h1-2,5-6,15-16H,3-4,7-14H2,(H,22,26)/t15-/m1/s1. The number of carbonyl (C=O) groups excluding carboxylic acids is 1. The van der Waals surface area contributed by atoms with Crippen molar-refractivity contribution in [3.63, 3.8) is 0 Å². The number of halogens is 1. The minimum Gasteiger partial charge on any atom is -0.423 e. The molecule has 1 amide bonds. The summed E-state index contributed by atoms with van der Waals surface area (Å²) in [7, 11) is 0. The van der Waals surface area contributed by atoms with E-state index in [1.54, 1.807) is 0 Å². The molecule has 1 N–H and O–H groups in total. The molecule has 2 aliphatic rings. The van der Waals surface area contributed by atoms with Gasteiger partial charge in [0.2, 0.25) is 5.91 Å². The van der Waals surface area contributed by atoms with Crippen LogP contribution in [0, 0.1) is 5.92 Å². The molecule has 2 aromatic rings. The molecule has 0 radical (unpaired) electrons. The van der Waals surface area contributed by atoms with Gasteiger partial charge in [-0.3, -0.25) is 9.69 Å². The Morgan fingerprint density at radius 2 is 2.04 bits per heavy atom. The van der Waals surface area contributed by atoms with Crippen LogP contribution in [0.5, 0.6) is 0 Å². The van der Waals surface area contributed by atoms with Gasteiger partial charge in [-0.15, -0.1) is 0 Å². The highest BCUT2D eigenvalue weighted by molar-refractivity contribution is 5.79. The molecule has 2 aliphatic heterocycles. The van der Waals surface area contributed by atoms with Crippen molar-refractivity contribution in [3.05, 3.63) is 24.3 Å². The minimum atomic E-state index is -0.504. The van der Waals surface area contributed by atoms with Crippen LogP contribution in [-0.4, -0.2) is 61.2 Å². The van der Waals surface area contributed by atoms with Crippen molar-refractivity contribution in [1.29, 1.82) is 0 Å². The van der Waals surface area contributed by atoms with Crippen LogP contribution in [0.1, 0.15) is 25.7 Å². The summed E-state index contributed by atoms with van der Waals surface area (Å²) in [5, 5.41) is 2.70. The molecule has 4 rings (SSSR count). The maximum Gasteiger partial charge on any atom is 0.298 e. The maximum atomic E-state index is 12.3. The third-order valence-corrected chi connectivity index (χ3v) is 5.75. The second-order valence-electron chi connectivity index (χ2n) is 7.50. The first-order chi connectivity index (χ1) is 13.2. The van der Waals surface area contributed by atoms with E-state index in [9.17, 15) is 9.18 Å². The summed E-state index contributed by atoms with van der Waals surface area (Å²) in [5.41, 5.74) is 1.72. The zero-order chi connectivity index (χ0) is 18.6. The SMILES string of the molecule is O=C(NCCF)[C@@H]1CCCN(C2CCN(c3nc4ccccc4o3)CC2)C1. The molecule has 2 saturated heterocycles. The van der Waals surface area contributed by atoms with Crippen molar-refractivity contribution in [2.75, 3.05) is 44.3 Å². The number of fused-ring (bicyclic) bond motifs is 1. The van der Waals surface area contributed by atoms with Crippen LogP contribution in [0.3, 0.4) is 0 Å². The number of hydrogen-bond donors (Lipinski definition) is 1. The first kappa shape index (κ1) is 18.2. The van der Waals surface area contributed by atoms with Crippen LogP contribution in [-0.2, 0) is 4.79 Å². The monoisotopic (exact) mass is 374 g/mol. The fourth-order valence-corrected chi connectivity index (χ4v) is 4.28. The first-order valence-electron chi connectivity index (χ1n) is 9.93. The molecule has 0 unspecified atom stereocenters. The molecule has 1 aromatic carbocycles. The zero-order valence-corrected chi connectivity index (χ0v) is 15.6. The van der Waals surface area contributed by atoms with E-state index in [0.717, 1.165) is 63.0 Å². The van der Waals surface area contributed by atoms with Gasteiger partial charge in [-0.05, 0) is 44.4 Å². The third-order valence-electron chi connectivity index (χ3n) is 5.75. The van der Waals surface area contributed by atoms with Crippen LogP contribution in [0.15, 0.2) is 28.7 Å². The smallest absolute Gasteiger partial charge is 0.298 e. The van der Waals surface area contributed by atoms with Crippen LogP contribution < -0.4 is 10.2 Å². The summed E-state index contributed by atoms with van der Waals surface area (Å²) in [6.45, 7) is 3.26. The number of nitrogens with one attached hydrogen (secondary N) is 1. The molecule has 0 saturated carbocycles. The predicted octanol–water partition coefficient (Wildman–Crippen LogP) is 2.59. The van der Waals surface area contributed by atoms with Gasteiger partial charge in [-0.25, -0.2) is 4.39 Å². The number of anilines is 1. The number of benzene rings is 1. The van der Waals surface area contributed by atoms with Crippen molar-refractivity contribution < 1.29 is 13.6 Å². The molecule has 1 aromatic heterocycles. The molecule has 6 nitrogen and oxygen atoms in total. The van der Waals surface area contributed by atoms with Crippen LogP contribution in [0.4, 0.5) is 10.4 Å². The van der Waals surface area contributed by atoms with E-state index in [-0.39, 0.29) is 18.4 Å². The van der Waals surface area contributed by atoms with Gasteiger partial charge in [0, 0.05) is 32.2 Å². The number of carbonyl (C=O) groups is 1. The van der Waals surface area contributed by atoms with Gasteiger partial charge in [-0.2, -0.15) is 4.98 Å². The Hall–Kier alpha value is -2.15. The molecule has 0 bridgehead atoms. The number of amides is 1. The Balaban J connectivity index is 1.32. The summed E-state index contributed by atoms with van der Waals surface area (Å²) < 4.78 is 18.2. The highest BCUT2D eigenvalue weighted by Crippen LogP contribution is 2.28. The first-order valence-corrected chi connectivity index (χ1v) is 9.93. The normalized spacial score (nSPS) is 22.3. The van der Waals surface area contributed by atoms with E-state index in [4.69, 9.17) is 4.42 Å². The van der Waals surface area contributed by atoms with Gasteiger partial charge in [0.1, 0.15) is 12.2 Å². The van der Waals surface area contributed by atoms with E-state index in [0.29, 0.717) is 12.1 Å². The average molecular weight is 374 g/mol. The quantitative estimate of drug-likeness (QED) is 0.872. The lowest BCUT2D eigenvalue weighted by Crippen LogP contribution is -2.51. The molecule has 2 fully saturated rings. The Kier molecular flexibility index (Phi) is 5.57. The second kappa shape index (κ2) is 8.25. The number of hydrogen-bond acceptors (Lipinski definition) is 5. The molecular formula is C20H27FN4O2. The molecule has 27 heavy (non-hydrogen) atoms. The van der Waals surface area contributed by atoms with E-state index < -0.39 is 6.67 Å². The van der Waals surface area contributed by atoms with Gasteiger partial charge in [0.15, 0.2) is 5.58 Å². The Labute approximate surface area is 158 Å². The molecular weight excluding hydrogens is 347 g/mol. The van der Waals surface area contributed by atoms with Crippen molar-refractivity contribution in [2.45, 2.75) is 31.7 Å². The van der Waals surface area contributed by atoms with Crippen LogP contribution in [0.2, 0.25) is 0 Å². The van der Waals surface area contributed by atoms with Crippen molar-refractivity contribution in [2.24, 2.45) is 5.92 Å². The van der Waals surface area contributed by atoms with E-state index in [2.05, 4.69) is 20.1 Å². The maximum absolute atomic E-state index is 12.3. The Bertz CT molecular complexity index is 739. The predicted molar refractivity (Wildman–Crippen MR) is 103 cm³/mol. The summed E-state index contributed by atoms with van der Waals surface area (Å²) in [5.74, 6) is -0.0124. The zero-order valence-electron chi connectivity index (χ0n) is 15.6. The molecule has 7 heteroatoms. The largest absolute Gasteiger partial charge is 0.423 e. The van der Waals surface area contributed by atoms with Crippen molar-refractivity contribution >= 4 is 23.0 Å². The summed E-state index contributed by atoms with van der Waals surface area (Å²) >= 11 is 0. The third kappa shape index (κ3) is 4.08. The molecule has 0 spiro atoms. The minimum absolute atomic E-state index is 0.00117.